The summed E-state index contributed by atoms with van der Waals surface area (Å²) < 4.78 is 3.84. The molecule has 0 radical (unpaired) electrons. The normalized spacial score (nSPS) is 11.1. The Bertz CT molecular complexity index is 990. The molecule has 3 aromatic rings. The molecule has 0 atom stereocenters. The number of aromatic nitrogens is 3. The van der Waals surface area contributed by atoms with Crippen LogP contribution in [0.3, 0.4) is 0 Å². The zero-order valence-corrected chi connectivity index (χ0v) is 15.4. The van der Waals surface area contributed by atoms with Crippen LogP contribution >= 0.6 is 0 Å². The summed E-state index contributed by atoms with van der Waals surface area (Å²) in [6.07, 6.45) is 11.5. The summed E-state index contributed by atoms with van der Waals surface area (Å²) in [6.45, 7) is 1.27. The molecule has 1 amide bonds. The van der Waals surface area contributed by atoms with Gasteiger partial charge < -0.3 is 9.88 Å². The third kappa shape index (κ3) is 4.85. The molecule has 138 valence electrons. The van der Waals surface area contributed by atoms with Crippen LogP contribution in [0.5, 0.6) is 0 Å². The Balaban J connectivity index is 1.56. The molecule has 6 heteroatoms. The minimum Gasteiger partial charge on any atom is -0.353 e. The maximum Gasteiger partial charge on any atom is 0.244 e. The molecule has 0 aliphatic carbocycles. The van der Waals surface area contributed by atoms with Gasteiger partial charge in [-0.2, -0.15) is 10.4 Å². The molecular weight excluding hydrogens is 338 g/mol. The monoisotopic (exact) mass is 361 g/mol. The molecule has 0 saturated carbocycles. The molecule has 0 saturated heterocycles. The number of hydrogen-bond acceptors (Lipinski definition) is 3. The number of fused-ring (bicyclic) bond motifs is 1. The molecule has 0 aliphatic heterocycles. The highest BCUT2D eigenvalue weighted by Gasteiger charge is 2.06. The average molecular weight is 361 g/mol. The molecule has 0 aliphatic rings. The smallest absolute Gasteiger partial charge is 0.244 e. The van der Waals surface area contributed by atoms with Crippen LogP contribution in [0.4, 0.5) is 0 Å². The van der Waals surface area contributed by atoms with E-state index < -0.39 is 0 Å². The molecule has 1 aromatic carbocycles. The van der Waals surface area contributed by atoms with Gasteiger partial charge in [0.2, 0.25) is 5.91 Å². The number of rotatable bonds is 8. The predicted molar refractivity (Wildman–Crippen MR) is 106 cm³/mol. The van der Waals surface area contributed by atoms with Gasteiger partial charge in [0.15, 0.2) is 0 Å². The van der Waals surface area contributed by atoms with Crippen LogP contribution in [0.25, 0.3) is 17.0 Å². The van der Waals surface area contributed by atoms with Gasteiger partial charge in [-0.05, 0) is 30.5 Å². The largest absolute Gasteiger partial charge is 0.353 e. The average Bonchev–Trinajstić information content (AvgIpc) is 3.25. The van der Waals surface area contributed by atoms with E-state index in [0.29, 0.717) is 19.5 Å². The number of carbonyl (C=O) groups is 1. The summed E-state index contributed by atoms with van der Waals surface area (Å²) in [5.41, 5.74) is 3.23. The molecule has 0 fully saturated rings. The number of para-hydroxylation sites is 1. The van der Waals surface area contributed by atoms with Crippen molar-refractivity contribution in [2.24, 2.45) is 7.05 Å². The van der Waals surface area contributed by atoms with Crippen molar-refractivity contribution in [3.8, 4) is 6.07 Å². The van der Waals surface area contributed by atoms with Crippen LogP contribution in [0.1, 0.15) is 24.0 Å². The van der Waals surface area contributed by atoms with Crippen LogP contribution in [-0.2, 0) is 24.8 Å². The molecular formula is C21H23N5O. The van der Waals surface area contributed by atoms with Crippen molar-refractivity contribution < 1.29 is 4.79 Å². The molecule has 27 heavy (non-hydrogen) atoms. The Morgan fingerprint density at radius 1 is 1.33 bits per heavy atom. The standard InChI is InChI=1S/C21H23N5O/c1-25-15-17(14-24-25)6-4-12-23-21(27)10-9-18-16-26(13-5-11-22)20-8-3-2-7-19(18)20/h2-3,7-10,14-16H,4-6,12-13H2,1H3,(H,23,27)/b10-9+. The lowest BCUT2D eigenvalue weighted by atomic mass is 10.1. The number of hydrogen-bond donors (Lipinski definition) is 1. The van der Waals surface area contributed by atoms with Gasteiger partial charge in [0.25, 0.3) is 0 Å². The van der Waals surface area contributed by atoms with Gasteiger partial charge in [-0.1, -0.05) is 18.2 Å². The molecule has 6 nitrogen and oxygen atoms in total. The van der Waals surface area contributed by atoms with E-state index in [-0.39, 0.29) is 5.91 Å². The van der Waals surface area contributed by atoms with Gasteiger partial charge in [0.1, 0.15) is 0 Å². The van der Waals surface area contributed by atoms with E-state index in [4.69, 9.17) is 5.26 Å². The molecule has 2 aromatic heterocycles. The molecule has 0 unspecified atom stereocenters. The SMILES string of the molecule is Cn1cc(CCCNC(=O)/C=C/c2cn(CCC#N)c3ccccc23)cn1. The molecule has 3 rings (SSSR count). The second-order valence-corrected chi connectivity index (χ2v) is 6.45. The van der Waals surface area contributed by atoms with Crippen molar-refractivity contribution in [3.63, 3.8) is 0 Å². The highest BCUT2D eigenvalue weighted by molar-refractivity contribution is 5.96. The van der Waals surface area contributed by atoms with E-state index >= 15 is 0 Å². The molecule has 0 bridgehead atoms. The summed E-state index contributed by atoms with van der Waals surface area (Å²) in [5.74, 6) is -0.102. The number of nitrogens with one attached hydrogen (secondary N) is 1. The lowest BCUT2D eigenvalue weighted by Crippen LogP contribution is -2.22. The van der Waals surface area contributed by atoms with Gasteiger partial charge in [-0.15, -0.1) is 0 Å². The fraction of sp³-hybridized carbons (Fsp3) is 0.286. The topological polar surface area (TPSA) is 75.6 Å². The summed E-state index contributed by atoms with van der Waals surface area (Å²) in [4.78, 5) is 12.1. The zero-order chi connectivity index (χ0) is 19.1. The van der Waals surface area contributed by atoms with E-state index in [1.54, 1.807) is 10.8 Å². The lowest BCUT2D eigenvalue weighted by molar-refractivity contribution is -0.116. The van der Waals surface area contributed by atoms with Gasteiger partial charge in [-0.3, -0.25) is 9.48 Å². The first kappa shape index (κ1) is 18.5. The number of benzene rings is 1. The summed E-state index contributed by atoms with van der Waals surface area (Å²) >= 11 is 0. The van der Waals surface area contributed by atoms with Gasteiger partial charge in [0, 0.05) is 55.1 Å². The van der Waals surface area contributed by atoms with Gasteiger partial charge >= 0.3 is 0 Å². The second kappa shape index (κ2) is 8.86. The fourth-order valence-electron chi connectivity index (χ4n) is 3.09. The quantitative estimate of drug-likeness (QED) is 0.495. The number of carbonyl (C=O) groups excluding carboxylic acids is 1. The second-order valence-electron chi connectivity index (χ2n) is 6.45. The van der Waals surface area contributed by atoms with E-state index in [1.807, 2.05) is 56.0 Å². The third-order valence-corrected chi connectivity index (χ3v) is 4.40. The Morgan fingerprint density at radius 3 is 2.96 bits per heavy atom. The first-order valence-corrected chi connectivity index (χ1v) is 9.05. The number of nitrogens with zero attached hydrogens (tertiary/aromatic N) is 4. The first-order chi connectivity index (χ1) is 13.2. The summed E-state index contributed by atoms with van der Waals surface area (Å²) in [7, 11) is 1.90. The van der Waals surface area contributed by atoms with E-state index in [9.17, 15) is 4.79 Å². The Labute approximate surface area is 158 Å². The van der Waals surface area contributed by atoms with Crippen molar-refractivity contribution in [3.05, 3.63) is 60.1 Å². The number of nitriles is 1. The van der Waals surface area contributed by atoms with Crippen molar-refractivity contribution in [2.75, 3.05) is 6.54 Å². The molecule has 2 heterocycles. The van der Waals surface area contributed by atoms with Crippen molar-refractivity contribution in [2.45, 2.75) is 25.8 Å². The summed E-state index contributed by atoms with van der Waals surface area (Å²) in [6, 6.07) is 10.2. The van der Waals surface area contributed by atoms with Crippen LogP contribution in [-0.4, -0.2) is 26.8 Å². The van der Waals surface area contributed by atoms with Crippen molar-refractivity contribution in [1.29, 1.82) is 5.26 Å². The molecule has 1 N–H and O–H groups in total. The Morgan fingerprint density at radius 2 is 2.19 bits per heavy atom. The first-order valence-electron chi connectivity index (χ1n) is 9.05. The van der Waals surface area contributed by atoms with Crippen LogP contribution in [0.2, 0.25) is 0 Å². The van der Waals surface area contributed by atoms with Gasteiger partial charge in [0.05, 0.1) is 18.7 Å². The number of amides is 1. The van der Waals surface area contributed by atoms with Crippen molar-refractivity contribution in [1.82, 2.24) is 19.7 Å². The van der Waals surface area contributed by atoms with Crippen LogP contribution in [0, 0.1) is 11.3 Å². The minimum absolute atomic E-state index is 0.102. The zero-order valence-electron chi connectivity index (χ0n) is 15.4. The molecule has 0 spiro atoms. The van der Waals surface area contributed by atoms with E-state index in [1.165, 1.54) is 5.56 Å². The minimum atomic E-state index is -0.102. The van der Waals surface area contributed by atoms with Crippen LogP contribution < -0.4 is 5.32 Å². The Kier molecular flexibility index (Phi) is 6.06. The fourth-order valence-corrected chi connectivity index (χ4v) is 3.09. The lowest BCUT2D eigenvalue weighted by Gasteiger charge is -2.00. The summed E-state index contributed by atoms with van der Waals surface area (Å²) in [5, 5.41) is 17.0. The third-order valence-electron chi connectivity index (χ3n) is 4.40. The Hall–Kier alpha value is -3.33. The van der Waals surface area contributed by atoms with E-state index in [0.717, 1.165) is 29.3 Å². The maximum atomic E-state index is 12.1. The maximum absolute atomic E-state index is 12.1. The van der Waals surface area contributed by atoms with Crippen molar-refractivity contribution >= 4 is 22.9 Å². The van der Waals surface area contributed by atoms with Crippen LogP contribution in [0.15, 0.2) is 48.9 Å². The van der Waals surface area contributed by atoms with E-state index in [2.05, 4.69) is 21.1 Å². The highest BCUT2D eigenvalue weighted by Crippen LogP contribution is 2.22. The van der Waals surface area contributed by atoms with Gasteiger partial charge in [-0.25, -0.2) is 0 Å². The predicted octanol–water partition coefficient (Wildman–Crippen LogP) is 3.05. The highest BCUT2D eigenvalue weighted by atomic mass is 16.1. The number of aryl methyl sites for hydroxylation is 3.